The lowest BCUT2D eigenvalue weighted by atomic mass is 9.85. The Balaban J connectivity index is 1.63. The van der Waals surface area contributed by atoms with E-state index in [1.807, 2.05) is 0 Å². The molecule has 15 heavy (non-hydrogen) atoms. The standard InChI is InChI=1S/C14H26O/c1-2-3-4-5-9-13-11-12-8-6-7-10-14(12)15-13/h12-14H,2-11H2,1H3/t12-,13?,14-/m0/s1. The second-order valence-corrected chi connectivity index (χ2v) is 5.43. The van der Waals surface area contributed by atoms with E-state index in [1.165, 1.54) is 64.2 Å². The van der Waals surface area contributed by atoms with Gasteiger partial charge in [0.05, 0.1) is 12.2 Å². The molecule has 3 atom stereocenters. The van der Waals surface area contributed by atoms with E-state index in [2.05, 4.69) is 6.92 Å². The molecule has 0 radical (unpaired) electrons. The Kier molecular flexibility index (Phi) is 4.49. The molecule has 0 amide bonds. The zero-order valence-electron chi connectivity index (χ0n) is 10.2. The molecule has 0 bridgehead atoms. The van der Waals surface area contributed by atoms with Crippen LogP contribution in [-0.4, -0.2) is 12.2 Å². The van der Waals surface area contributed by atoms with Crippen molar-refractivity contribution in [2.45, 2.75) is 83.3 Å². The van der Waals surface area contributed by atoms with Gasteiger partial charge in [0.1, 0.15) is 0 Å². The van der Waals surface area contributed by atoms with Crippen LogP contribution in [0.3, 0.4) is 0 Å². The molecule has 1 nitrogen and oxygen atoms in total. The fourth-order valence-electron chi connectivity index (χ4n) is 3.25. The van der Waals surface area contributed by atoms with E-state index in [9.17, 15) is 0 Å². The average molecular weight is 210 g/mol. The molecule has 1 heterocycles. The summed E-state index contributed by atoms with van der Waals surface area (Å²) >= 11 is 0. The summed E-state index contributed by atoms with van der Waals surface area (Å²) in [6.45, 7) is 2.28. The quantitative estimate of drug-likeness (QED) is 0.615. The number of ether oxygens (including phenoxy) is 1. The molecule has 2 aliphatic rings. The molecule has 0 aromatic rings. The summed E-state index contributed by atoms with van der Waals surface area (Å²) in [6, 6.07) is 0. The predicted octanol–water partition coefficient (Wildman–Crippen LogP) is 4.30. The fraction of sp³-hybridized carbons (Fsp3) is 1.00. The van der Waals surface area contributed by atoms with Crippen LogP contribution >= 0.6 is 0 Å². The van der Waals surface area contributed by atoms with E-state index in [4.69, 9.17) is 4.74 Å². The normalized spacial score (nSPS) is 35.4. The maximum absolute atomic E-state index is 6.15. The van der Waals surface area contributed by atoms with Gasteiger partial charge in [-0.05, 0) is 31.6 Å². The van der Waals surface area contributed by atoms with Gasteiger partial charge in [-0.3, -0.25) is 0 Å². The van der Waals surface area contributed by atoms with Crippen molar-refractivity contribution in [3.63, 3.8) is 0 Å². The highest BCUT2D eigenvalue weighted by atomic mass is 16.5. The van der Waals surface area contributed by atoms with Crippen LogP contribution in [0.15, 0.2) is 0 Å². The zero-order chi connectivity index (χ0) is 10.5. The molecule has 2 rings (SSSR count). The molecule has 1 heteroatoms. The second kappa shape index (κ2) is 5.89. The molecule has 1 aliphatic heterocycles. The molecule has 2 fully saturated rings. The van der Waals surface area contributed by atoms with E-state index in [1.54, 1.807) is 0 Å². The summed E-state index contributed by atoms with van der Waals surface area (Å²) in [4.78, 5) is 0. The van der Waals surface area contributed by atoms with Crippen LogP contribution in [0.5, 0.6) is 0 Å². The van der Waals surface area contributed by atoms with E-state index >= 15 is 0 Å². The van der Waals surface area contributed by atoms with Crippen LogP contribution < -0.4 is 0 Å². The molecular formula is C14H26O. The highest BCUT2D eigenvalue weighted by Gasteiger charge is 2.35. The lowest BCUT2D eigenvalue weighted by Gasteiger charge is -2.23. The molecule has 1 saturated heterocycles. The van der Waals surface area contributed by atoms with E-state index in [0.717, 1.165) is 5.92 Å². The van der Waals surface area contributed by atoms with Crippen molar-refractivity contribution in [2.24, 2.45) is 5.92 Å². The van der Waals surface area contributed by atoms with Crippen LogP contribution in [0.1, 0.15) is 71.1 Å². The third kappa shape index (κ3) is 3.21. The van der Waals surface area contributed by atoms with Crippen molar-refractivity contribution >= 4 is 0 Å². The first kappa shape index (κ1) is 11.4. The molecule has 0 spiro atoms. The zero-order valence-corrected chi connectivity index (χ0v) is 10.2. The fourth-order valence-corrected chi connectivity index (χ4v) is 3.25. The minimum absolute atomic E-state index is 0.620. The maximum atomic E-state index is 6.15. The van der Waals surface area contributed by atoms with Crippen molar-refractivity contribution < 1.29 is 4.74 Å². The number of hydrogen-bond donors (Lipinski definition) is 0. The van der Waals surface area contributed by atoms with Crippen molar-refractivity contribution in [1.82, 2.24) is 0 Å². The minimum Gasteiger partial charge on any atom is -0.375 e. The molecule has 0 aromatic carbocycles. The Bertz CT molecular complexity index is 164. The van der Waals surface area contributed by atoms with Gasteiger partial charge >= 0.3 is 0 Å². The molecule has 1 saturated carbocycles. The first-order valence-corrected chi connectivity index (χ1v) is 7.05. The summed E-state index contributed by atoms with van der Waals surface area (Å²) in [7, 11) is 0. The van der Waals surface area contributed by atoms with Gasteiger partial charge < -0.3 is 4.74 Å². The predicted molar refractivity (Wildman–Crippen MR) is 64.0 cm³/mol. The summed E-state index contributed by atoms with van der Waals surface area (Å²) < 4.78 is 6.15. The van der Waals surface area contributed by atoms with Gasteiger partial charge in [-0.2, -0.15) is 0 Å². The molecule has 0 N–H and O–H groups in total. The lowest BCUT2D eigenvalue weighted by molar-refractivity contribution is 0.0147. The Hall–Kier alpha value is -0.0400. The summed E-state index contributed by atoms with van der Waals surface area (Å²) in [6.07, 6.45) is 15.2. The Labute approximate surface area is 94.6 Å². The minimum atomic E-state index is 0.620. The van der Waals surface area contributed by atoms with Gasteiger partial charge in [0.25, 0.3) is 0 Å². The SMILES string of the molecule is CCCCCCC1C[C@@H]2CCCC[C@@H]2O1. The van der Waals surface area contributed by atoms with Crippen LogP contribution in [-0.2, 0) is 4.74 Å². The number of fused-ring (bicyclic) bond motifs is 1. The van der Waals surface area contributed by atoms with Crippen LogP contribution in [0.2, 0.25) is 0 Å². The highest BCUT2D eigenvalue weighted by molar-refractivity contribution is 4.85. The molecule has 88 valence electrons. The smallest absolute Gasteiger partial charge is 0.0608 e. The molecule has 1 unspecified atom stereocenters. The van der Waals surface area contributed by atoms with Crippen LogP contribution in [0.25, 0.3) is 0 Å². The Morgan fingerprint density at radius 3 is 2.73 bits per heavy atom. The lowest BCUT2D eigenvalue weighted by Crippen LogP contribution is -2.20. The Morgan fingerprint density at radius 2 is 1.93 bits per heavy atom. The average Bonchev–Trinajstić information content (AvgIpc) is 2.67. The van der Waals surface area contributed by atoms with Crippen molar-refractivity contribution in [3.8, 4) is 0 Å². The molecule has 0 aromatic heterocycles. The number of unbranched alkanes of at least 4 members (excludes halogenated alkanes) is 3. The van der Waals surface area contributed by atoms with Gasteiger partial charge in [-0.25, -0.2) is 0 Å². The topological polar surface area (TPSA) is 9.23 Å². The van der Waals surface area contributed by atoms with E-state index in [0.29, 0.717) is 12.2 Å². The van der Waals surface area contributed by atoms with Gasteiger partial charge in [0.2, 0.25) is 0 Å². The van der Waals surface area contributed by atoms with Gasteiger partial charge in [-0.1, -0.05) is 45.4 Å². The molecule has 1 aliphatic carbocycles. The van der Waals surface area contributed by atoms with Crippen LogP contribution in [0.4, 0.5) is 0 Å². The third-order valence-electron chi connectivity index (χ3n) is 4.15. The number of hydrogen-bond acceptors (Lipinski definition) is 1. The van der Waals surface area contributed by atoms with Gasteiger partial charge in [0, 0.05) is 0 Å². The summed E-state index contributed by atoms with van der Waals surface area (Å²) in [5.74, 6) is 0.926. The second-order valence-electron chi connectivity index (χ2n) is 5.43. The van der Waals surface area contributed by atoms with Gasteiger partial charge in [0.15, 0.2) is 0 Å². The first-order chi connectivity index (χ1) is 7.40. The summed E-state index contributed by atoms with van der Waals surface area (Å²) in [5.41, 5.74) is 0. The van der Waals surface area contributed by atoms with E-state index < -0.39 is 0 Å². The summed E-state index contributed by atoms with van der Waals surface area (Å²) in [5, 5.41) is 0. The third-order valence-corrected chi connectivity index (χ3v) is 4.15. The van der Waals surface area contributed by atoms with Crippen molar-refractivity contribution in [3.05, 3.63) is 0 Å². The highest BCUT2D eigenvalue weighted by Crippen LogP contribution is 2.38. The van der Waals surface area contributed by atoms with E-state index in [-0.39, 0.29) is 0 Å². The largest absolute Gasteiger partial charge is 0.375 e. The monoisotopic (exact) mass is 210 g/mol. The van der Waals surface area contributed by atoms with Crippen molar-refractivity contribution in [2.75, 3.05) is 0 Å². The van der Waals surface area contributed by atoms with Crippen LogP contribution in [0, 0.1) is 5.92 Å². The Morgan fingerprint density at radius 1 is 1.07 bits per heavy atom. The molecular weight excluding hydrogens is 184 g/mol. The first-order valence-electron chi connectivity index (χ1n) is 7.05. The van der Waals surface area contributed by atoms with Crippen molar-refractivity contribution in [1.29, 1.82) is 0 Å². The van der Waals surface area contributed by atoms with Gasteiger partial charge in [-0.15, -0.1) is 0 Å². The number of rotatable bonds is 5. The maximum Gasteiger partial charge on any atom is 0.0608 e.